The van der Waals surface area contributed by atoms with Gasteiger partial charge in [0.1, 0.15) is 5.76 Å². The van der Waals surface area contributed by atoms with Crippen LogP contribution in [0.3, 0.4) is 0 Å². The Balaban J connectivity index is 3.31. The van der Waals surface area contributed by atoms with E-state index in [9.17, 15) is 9.59 Å². The Morgan fingerprint density at radius 1 is 1.45 bits per heavy atom. The standard InChI is InChI=1S/C8H8O3/c1-5(9)7-3-4-8(10)11-6(7)2/h3-4H,1-2H3. The third kappa shape index (κ3) is 1.55. The Morgan fingerprint density at radius 3 is 2.55 bits per heavy atom. The number of Topliss-reactive ketones (excluding diaryl/α,β-unsaturated/α-hetero) is 1. The molecule has 0 N–H and O–H groups in total. The molecule has 0 fully saturated rings. The maximum absolute atomic E-state index is 10.8. The molecule has 1 rings (SSSR count). The van der Waals surface area contributed by atoms with Crippen molar-refractivity contribution in [3.8, 4) is 0 Å². The molecule has 0 aliphatic rings. The highest BCUT2D eigenvalue weighted by Crippen LogP contribution is 2.03. The summed E-state index contributed by atoms with van der Waals surface area (Å²) in [5.41, 5.74) is 0.0390. The topological polar surface area (TPSA) is 47.3 Å². The fourth-order valence-corrected chi connectivity index (χ4v) is 0.874. The summed E-state index contributed by atoms with van der Waals surface area (Å²) < 4.78 is 4.69. The van der Waals surface area contributed by atoms with E-state index in [1.807, 2.05) is 0 Å². The van der Waals surface area contributed by atoms with Gasteiger partial charge in [-0.1, -0.05) is 0 Å². The maximum Gasteiger partial charge on any atom is 0.335 e. The lowest BCUT2D eigenvalue weighted by Gasteiger charge is -1.96. The number of aryl methyl sites for hydroxylation is 1. The van der Waals surface area contributed by atoms with Gasteiger partial charge >= 0.3 is 5.63 Å². The fraction of sp³-hybridized carbons (Fsp3) is 0.250. The van der Waals surface area contributed by atoms with Crippen molar-refractivity contribution in [1.29, 1.82) is 0 Å². The first-order valence-electron chi connectivity index (χ1n) is 3.23. The highest BCUT2D eigenvalue weighted by Gasteiger charge is 2.04. The molecule has 11 heavy (non-hydrogen) atoms. The lowest BCUT2D eigenvalue weighted by molar-refractivity contribution is 0.101. The van der Waals surface area contributed by atoms with E-state index in [1.165, 1.54) is 19.1 Å². The van der Waals surface area contributed by atoms with E-state index in [0.717, 1.165) is 0 Å². The van der Waals surface area contributed by atoms with Crippen molar-refractivity contribution >= 4 is 5.78 Å². The smallest absolute Gasteiger partial charge is 0.335 e. The van der Waals surface area contributed by atoms with Crippen molar-refractivity contribution in [2.24, 2.45) is 0 Å². The van der Waals surface area contributed by atoms with Crippen LogP contribution in [-0.4, -0.2) is 5.78 Å². The molecule has 0 amide bonds. The number of hydrogen-bond acceptors (Lipinski definition) is 3. The van der Waals surface area contributed by atoms with E-state index in [1.54, 1.807) is 6.92 Å². The average Bonchev–Trinajstić information content (AvgIpc) is 1.85. The van der Waals surface area contributed by atoms with Crippen LogP contribution in [0.2, 0.25) is 0 Å². The molecular weight excluding hydrogens is 144 g/mol. The largest absolute Gasteiger partial charge is 0.427 e. The van der Waals surface area contributed by atoms with Crippen molar-refractivity contribution in [2.75, 3.05) is 0 Å². The Labute approximate surface area is 63.7 Å². The Hall–Kier alpha value is -1.38. The third-order valence-corrected chi connectivity index (χ3v) is 1.40. The summed E-state index contributed by atoms with van der Waals surface area (Å²) in [7, 11) is 0. The summed E-state index contributed by atoms with van der Waals surface area (Å²) in [5.74, 6) is 0.288. The van der Waals surface area contributed by atoms with Crippen LogP contribution in [0.15, 0.2) is 21.3 Å². The van der Waals surface area contributed by atoms with E-state index in [2.05, 4.69) is 0 Å². The molecule has 3 nitrogen and oxygen atoms in total. The number of ketones is 1. The predicted octanol–water partition coefficient (Wildman–Crippen LogP) is 1.15. The summed E-state index contributed by atoms with van der Waals surface area (Å²) in [6, 6.07) is 2.72. The average molecular weight is 152 g/mol. The van der Waals surface area contributed by atoms with Crippen LogP contribution in [0.4, 0.5) is 0 Å². The fourth-order valence-electron chi connectivity index (χ4n) is 0.874. The summed E-state index contributed by atoms with van der Waals surface area (Å²) in [6.45, 7) is 3.03. The summed E-state index contributed by atoms with van der Waals surface area (Å²) in [6.07, 6.45) is 0. The monoisotopic (exact) mass is 152 g/mol. The lowest BCUT2D eigenvalue weighted by atomic mass is 10.2. The molecule has 0 unspecified atom stereocenters. The van der Waals surface area contributed by atoms with Crippen LogP contribution < -0.4 is 5.63 Å². The molecule has 58 valence electrons. The minimum absolute atomic E-state index is 0.0914. The van der Waals surface area contributed by atoms with Gasteiger partial charge in [0.2, 0.25) is 0 Å². The van der Waals surface area contributed by atoms with Gasteiger partial charge in [0, 0.05) is 6.07 Å². The zero-order valence-electron chi connectivity index (χ0n) is 6.38. The normalized spacial score (nSPS) is 9.64. The van der Waals surface area contributed by atoms with E-state index < -0.39 is 5.63 Å². The molecule has 0 aromatic carbocycles. The van der Waals surface area contributed by atoms with E-state index in [4.69, 9.17) is 4.42 Å². The highest BCUT2D eigenvalue weighted by molar-refractivity contribution is 5.94. The van der Waals surface area contributed by atoms with Gasteiger partial charge in [0.05, 0.1) is 5.56 Å². The van der Waals surface area contributed by atoms with Crippen LogP contribution in [-0.2, 0) is 0 Å². The first-order chi connectivity index (χ1) is 5.11. The van der Waals surface area contributed by atoms with Crippen LogP contribution in [0.25, 0.3) is 0 Å². The second-order valence-electron chi connectivity index (χ2n) is 2.28. The minimum atomic E-state index is -0.424. The molecule has 0 aliphatic heterocycles. The van der Waals surface area contributed by atoms with Crippen molar-refractivity contribution in [2.45, 2.75) is 13.8 Å². The molecule has 0 saturated heterocycles. The van der Waals surface area contributed by atoms with Gasteiger partial charge in [0.25, 0.3) is 0 Å². The predicted molar refractivity (Wildman–Crippen MR) is 39.7 cm³/mol. The van der Waals surface area contributed by atoms with Gasteiger partial charge in [0.15, 0.2) is 5.78 Å². The van der Waals surface area contributed by atoms with E-state index >= 15 is 0 Å². The molecule has 1 aromatic heterocycles. The molecular formula is C8H8O3. The molecule has 0 spiro atoms. The van der Waals surface area contributed by atoms with Crippen LogP contribution in [0.1, 0.15) is 23.0 Å². The maximum atomic E-state index is 10.8. The summed E-state index contributed by atoms with van der Waals surface area (Å²) >= 11 is 0. The van der Waals surface area contributed by atoms with Gasteiger partial charge in [-0.3, -0.25) is 4.79 Å². The van der Waals surface area contributed by atoms with Gasteiger partial charge in [-0.05, 0) is 19.9 Å². The zero-order valence-corrected chi connectivity index (χ0v) is 6.38. The van der Waals surface area contributed by atoms with E-state index in [-0.39, 0.29) is 5.78 Å². The first kappa shape index (κ1) is 7.72. The minimum Gasteiger partial charge on any atom is -0.427 e. The SMILES string of the molecule is CC(=O)c1ccc(=O)oc1C. The molecule has 0 bridgehead atoms. The van der Waals surface area contributed by atoms with Crippen molar-refractivity contribution in [3.63, 3.8) is 0 Å². The second kappa shape index (κ2) is 2.70. The second-order valence-corrected chi connectivity index (χ2v) is 2.28. The molecule has 1 aromatic rings. The Bertz CT molecular complexity index is 335. The van der Waals surface area contributed by atoms with Gasteiger partial charge < -0.3 is 4.42 Å². The molecule has 3 heteroatoms. The molecule has 0 saturated carbocycles. The lowest BCUT2D eigenvalue weighted by Crippen LogP contribution is -2.03. The van der Waals surface area contributed by atoms with Gasteiger partial charge in [-0.2, -0.15) is 0 Å². The Morgan fingerprint density at radius 2 is 2.09 bits per heavy atom. The molecule has 1 heterocycles. The summed E-state index contributed by atoms with van der Waals surface area (Å²) in [4.78, 5) is 21.4. The quantitative estimate of drug-likeness (QED) is 0.567. The zero-order chi connectivity index (χ0) is 8.43. The molecule has 0 aliphatic carbocycles. The molecule has 0 radical (unpaired) electrons. The van der Waals surface area contributed by atoms with Crippen LogP contribution >= 0.6 is 0 Å². The van der Waals surface area contributed by atoms with Gasteiger partial charge in [-0.25, -0.2) is 4.79 Å². The number of carbonyl (C=O) groups is 1. The number of rotatable bonds is 1. The highest BCUT2D eigenvalue weighted by atomic mass is 16.4. The summed E-state index contributed by atoms with van der Waals surface area (Å²) in [5, 5.41) is 0. The van der Waals surface area contributed by atoms with Crippen LogP contribution in [0.5, 0.6) is 0 Å². The van der Waals surface area contributed by atoms with Gasteiger partial charge in [-0.15, -0.1) is 0 Å². The third-order valence-electron chi connectivity index (χ3n) is 1.40. The molecule has 0 atom stereocenters. The number of hydrogen-bond donors (Lipinski definition) is 0. The first-order valence-corrected chi connectivity index (χ1v) is 3.23. The van der Waals surface area contributed by atoms with Crippen molar-refractivity contribution in [3.05, 3.63) is 33.9 Å². The van der Waals surface area contributed by atoms with Crippen LogP contribution in [0, 0.1) is 6.92 Å². The van der Waals surface area contributed by atoms with Crippen molar-refractivity contribution < 1.29 is 9.21 Å². The Kier molecular flexibility index (Phi) is 1.89. The van der Waals surface area contributed by atoms with Crippen molar-refractivity contribution in [1.82, 2.24) is 0 Å². The van der Waals surface area contributed by atoms with E-state index in [0.29, 0.717) is 11.3 Å². The number of carbonyl (C=O) groups excluding carboxylic acids is 1.